The van der Waals surface area contributed by atoms with E-state index in [9.17, 15) is 9.59 Å². The standard InChI is InChI=1S/C16H13N3O4S/c1-2-19-7-10(15(21)18-16-17-3-4-24-16)14(20)9-5-12-13(6-11(9)19)23-8-22-12/h3-7H,2,8H2,1H3,(H,17,18,21). The molecule has 1 aliphatic heterocycles. The van der Waals surface area contributed by atoms with E-state index in [1.807, 2.05) is 11.5 Å². The van der Waals surface area contributed by atoms with Crippen LogP contribution in [0.2, 0.25) is 0 Å². The van der Waals surface area contributed by atoms with Gasteiger partial charge < -0.3 is 14.0 Å². The van der Waals surface area contributed by atoms with Crippen LogP contribution in [0.4, 0.5) is 5.13 Å². The highest BCUT2D eigenvalue weighted by Gasteiger charge is 2.20. The van der Waals surface area contributed by atoms with Crippen molar-refractivity contribution in [3.63, 3.8) is 0 Å². The molecule has 122 valence electrons. The molecule has 1 amide bonds. The van der Waals surface area contributed by atoms with Gasteiger partial charge in [0.15, 0.2) is 16.6 Å². The van der Waals surface area contributed by atoms with Crippen molar-refractivity contribution in [1.29, 1.82) is 0 Å². The molecule has 3 heterocycles. The zero-order chi connectivity index (χ0) is 16.7. The van der Waals surface area contributed by atoms with E-state index in [1.54, 1.807) is 29.9 Å². The van der Waals surface area contributed by atoms with Gasteiger partial charge in [-0.05, 0) is 13.0 Å². The van der Waals surface area contributed by atoms with Crippen molar-refractivity contribution < 1.29 is 14.3 Å². The van der Waals surface area contributed by atoms with Crippen molar-refractivity contribution >= 4 is 33.3 Å². The number of carbonyl (C=O) groups excluding carboxylic acids is 1. The fraction of sp³-hybridized carbons (Fsp3) is 0.188. The highest BCUT2D eigenvalue weighted by atomic mass is 32.1. The molecule has 0 saturated carbocycles. The number of aromatic nitrogens is 2. The molecule has 0 fully saturated rings. The van der Waals surface area contributed by atoms with E-state index < -0.39 is 5.91 Å². The Hall–Kier alpha value is -2.87. The average molecular weight is 343 g/mol. The molecule has 4 rings (SSSR count). The molecule has 0 unspecified atom stereocenters. The van der Waals surface area contributed by atoms with Crippen molar-refractivity contribution in [3.05, 3.63) is 45.7 Å². The summed E-state index contributed by atoms with van der Waals surface area (Å²) in [5.74, 6) is 0.639. The Morgan fingerprint density at radius 2 is 2.17 bits per heavy atom. The van der Waals surface area contributed by atoms with Crippen molar-refractivity contribution in [2.45, 2.75) is 13.5 Å². The molecule has 8 heteroatoms. The molecule has 0 radical (unpaired) electrons. The van der Waals surface area contributed by atoms with Gasteiger partial charge in [-0.3, -0.25) is 14.9 Å². The molecule has 1 N–H and O–H groups in total. The maximum absolute atomic E-state index is 12.8. The number of nitrogens with zero attached hydrogens (tertiary/aromatic N) is 2. The number of rotatable bonds is 3. The molecule has 7 nitrogen and oxygen atoms in total. The maximum atomic E-state index is 12.8. The van der Waals surface area contributed by atoms with Gasteiger partial charge in [0.1, 0.15) is 5.56 Å². The van der Waals surface area contributed by atoms with Crippen LogP contribution in [0.1, 0.15) is 17.3 Å². The van der Waals surface area contributed by atoms with Crippen LogP contribution in [0, 0.1) is 0 Å². The van der Waals surface area contributed by atoms with Crippen molar-refractivity contribution in [1.82, 2.24) is 9.55 Å². The van der Waals surface area contributed by atoms with Crippen LogP contribution in [0.5, 0.6) is 11.5 Å². The number of benzene rings is 1. The van der Waals surface area contributed by atoms with Crippen molar-refractivity contribution in [3.8, 4) is 11.5 Å². The molecule has 24 heavy (non-hydrogen) atoms. The van der Waals surface area contributed by atoms with Gasteiger partial charge in [0.2, 0.25) is 12.2 Å². The largest absolute Gasteiger partial charge is 0.454 e. The van der Waals surface area contributed by atoms with Gasteiger partial charge in [0, 0.05) is 30.4 Å². The van der Waals surface area contributed by atoms with Crippen molar-refractivity contribution in [2.24, 2.45) is 0 Å². The first-order chi connectivity index (χ1) is 11.7. The lowest BCUT2D eigenvalue weighted by Crippen LogP contribution is -2.23. The van der Waals surface area contributed by atoms with Gasteiger partial charge in [-0.2, -0.15) is 0 Å². The van der Waals surface area contributed by atoms with Crippen LogP contribution in [-0.4, -0.2) is 22.3 Å². The minimum atomic E-state index is -0.475. The number of ether oxygens (including phenoxy) is 2. The third kappa shape index (κ3) is 2.31. The lowest BCUT2D eigenvalue weighted by molar-refractivity contribution is 0.102. The summed E-state index contributed by atoms with van der Waals surface area (Å²) in [6, 6.07) is 3.40. The summed E-state index contributed by atoms with van der Waals surface area (Å²) < 4.78 is 12.6. The number of carbonyl (C=O) groups is 1. The Morgan fingerprint density at radius 3 is 2.88 bits per heavy atom. The van der Waals surface area contributed by atoms with E-state index in [1.165, 1.54) is 11.3 Å². The van der Waals surface area contributed by atoms with Crippen LogP contribution in [0.25, 0.3) is 10.9 Å². The third-order valence-electron chi connectivity index (χ3n) is 3.81. The second kappa shape index (κ2) is 5.64. The molecular weight excluding hydrogens is 330 g/mol. The van der Waals surface area contributed by atoms with E-state index >= 15 is 0 Å². The molecule has 0 aliphatic carbocycles. The molecular formula is C16H13N3O4S. The highest BCUT2D eigenvalue weighted by Crippen LogP contribution is 2.35. The number of anilines is 1. The molecule has 1 aromatic carbocycles. The molecule has 0 spiro atoms. The fourth-order valence-corrected chi connectivity index (χ4v) is 3.18. The average Bonchev–Trinajstić information content (AvgIpc) is 3.24. The van der Waals surface area contributed by atoms with E-state index in [-0.39, 0.29) is 17.8 Å². The maximum Gasteiger partial charge on any atom is 0.262 e. The van der Waals surface area contributed by atoms with E-state index in [0.29, 0.717) is 34.1 Å². The Bertz CT molecular complexity index is 995. The van der Waals surface area contributed by atoms with Gasteiger partial charge in [-0.1, -0.05) is 0 Å². The zero-order valence-corrected chi connectivity index (χ0v) is 13.6. The second-order valence-electron chi connectivity index (χ2n) is 5.17. The summed E-state index contributed by atoms with van der Waals surface area (Å²) in [4.78, 5) is 29.2. The number of fused-ring (bicyclic) bond motifs is 2. The van der Waals surface area contributed by atoms with Crippen LogP contribution in [0.15, 0.2) is 34.7 Å². The number of hydrogen-bond acceptors (Lipinski definition) is 6. The number of pyridine rings is 1. The van der Waals surface area contributed by atoms with Gasteiger partial charge in [0.25, 0.3) is 5.91 Å². The lowest BCUT2D eigenvalue weighted by Gasteiger charge is -2.12. The highest BCUT2D eigenvalue weighted by molar-refractivity contribution is 7.13. The molecule has 3 aromatic rings. The summed E-state index contributed by atoms with van der Waals surface area (Å²) in [6.45, 7) is 2.67. The van der Waals surface area contributed by atoms with Crippen LogP contribution in [0.3, 0.4) is 0 Å². The fourth-order valence-electron chi connectivity index (χ4n) is 2.65. The number of thiazole rings is 1. The summed E-state index contributed by atoms with van der Waals surface area (Å²) in [6.07, 6.45) is 3.15. The zero-order valence-electron chi connectivity index (χ0n) is 12.7. The lowest BCUT2D eigenvalue weighted by atomic mass is 10.1. The normalized spacial score (nSPS) is 12.5. The third-order valence-corrected chi connectivity index (χ3v) is 4.50. The number of nitrogens with one attached hydrogen (secondary N) is 1. The molecule has 2 aromatic heterocycles. The molecule has 1 aliphatic rings. The summed E-state index contributed by atoms with van der Waals surface area (Å²) in [5, 5.41) is 5.27. The van der Waals surface area contributed by atoms with Gasteiger partial charge in [-0.25, -0.2) is 4.98 Å². The van der Waals surface area contributed by atoms with E-state index in [0.717, 1.165) is 0 Å². The molecule has 0 atom stereocenters. The molecule has 0 bridgehead atoms. The van der Waals surface area contributed by atoms with E-state index in [4.69, 9.17) is 9.47 Å². The first-order valence-electron chi connectivity index (χ1n) is 7.35. The Kier molecular flexibility index (Phi) is 3.46. The van der Waals surface area contributed by atoms with Crippen LogP contribution >= 0.6 is 11.3 Å². The number of hydrogen-bond donors (Lipinski definition) is 1. The first kappa shape index (κ1) is 14.7. The van der Waals surface area contributed by atoms with Gasteiger partial charge >= 0.3 is 0 Å². The Morgan fingerprint density at radius 1 is 1.38 bits per heavy atom. The Balaban J connectivity index is 1.87. The first-order valence-corrected chi connectivity index (χ1v) is 8.23. The predicted molar refractivity (Wildman–Crippen MR) is 90.1 cm³/mol. The summed E-state index contributed by atoms with van der Waals surface area (Å²) in [5.41, 5.74) is 0.429. The smallest absolute Gasteiger partial charge is 0.262 e. The monoisotopic (exact) mass is 343 g/mol. The second-order valence-corrected chi connectivity index (χ2v) is 6.07. The minimum Gasteiger partial charge on any atom is -0.454 e. The quantitative estimate of drug-likeness (QED) is 0.790. The number of amides is 1. The SMILES string of the molecule is CCn1cc(C(=O)Nc2nccs2)c(=O)c2cc3c(cc21)OCO3. The summed E-state index contributed by atoms with van der Waals surface area (Å²) in [7, 11) is 0. The van der Waals surface area contributed by atoms with Crippen LogP contribution < -0.4 is 20.2 Å². The van der Waals surface area contributed by atoms with E-state index in [2.05, 4.69) is 10.3 Å². The summed E-state index contributed by atoms with van der Waals surface area (Å²) >= 11 is 1.29. The molecule has 0 saturated heterocycles. The predicted octanol–water partition coefficient (Wildman–Crippen LogP) is 2.46. The van der Waals surface area contributed by atoms with Crippen molar-refractivity contribution in [2.75, 3.05) is 12.1 Å². The van der Waals surface area contributed by atoms with Crippen LogP contribution in [-0.2, 0) is 6.54 Å². The number of aryl methyl sites for hydroxylation is 1. The Labute approximate surface area is 140 Å². The van der Waals surface area contributed by atoms with Gasteiger partial charge in [-0.15, -0.1) is 11.3 Å². The topological polar surface area (TPSA) is 82.5 Å². The van der Waals surface area contributed by atoms with Gasteiger partial charge in [0.05, 0.1) is 10.9 Å². The minimum absolute atomic E-state index is 0.0680.